The van der Waals surface area contributed by atoms with E-state index in [2.05, 4.69) is 8.75 Å². The van der Waals surface area contributed by atoms with Gasteiger partial charge in [-0.3, -0.25) is 4.79 Å². The van der Waals surface area contributed by atoms with Crippen LogP contribution in [0.2, 0.25) is 0 Å². The molecule has 19 heavy (non-hydrogen) atoms. The average molecular weight is 280 g/mol. The highest BCUT2D eigenvalue weighted by molar-refractivity contribution is 7.00. The Bertz CT molecular complexity index is 595. The molecule has 2 aromatic rings. The summed E-state index contributed by atoms with van der Waals surface area (Å²) in [7, 11) is 1.37. The number of esters is 1. The van der Waals surface area contributed by atoms with Crippen LogP contribution in [-0.4, -0.2) is 26.9 Å². The molecular formula is C13H16N2O3S. The lowest BCUT2D eigenvalue weighted by Crippen LogP contribution is -2.14. The fraction of sp³-hybridized carbons (Fsp3) is 0.462. The van der Waals surface area contributed by atoms with Crippen molar-refractivity contribution in [3.8, 4) is 5.75 Å². The first-order valence-corrected chi connectivity index (χ1v) is 6.78. The summed E-state index contributed by atoms with van der Waals surface area (Å²) in [6.07, 6.45) is 0.221. The van der Waals surface area contributed by atoms with E-state index in [1.165, 1.54) is 7.11 Å². The topological polar surface area (TPSA) is 72.3 Å². The molecule has 0 spiro atoms. The van der Waals surface area contributed by atoms with Crippen LogP contribution in [0, 0.1) is 5.92 Å². The highest BCUT2D eigenvalue weighted by Crippen LogP contribution is 2.38. The summed E-state index contributed by atoms with van der Waals surface area (Å²) in [5, 5.41) is 10.1. The van der Waals surface area contributed by atoms with Gasteiger partial charge in [-0.05, 0) is 18.1 Å². The van der Waals surface area contributed by atoms with Crippen molar-refractivity contribution in [3.05, 3.63) is 17.7 Å². The van der Waals surface area contributed by atoms with Gasteiger partial charge in [-0.25, -0.2) is 0 Å². The molecule has 1 aromatic heterocycles. The zero-order valence-corrected chi connectivity index (χ0v) is 11.9. The maximum Gasteiger partial charge on any atom is 0.306 e. The van der Waals surface area contributed by atoms with Gasteiger partial charge in [0, 0.05) is 11.5 Å². The van der Waals surface area contributed by atoms with Crippen LogP contribution < -0.4 is 0 Å². The lowest BCUT2D eigenvalue weighted by molar-refractivity contribution is -0.141. The monoisotopic (exact) mass is 280 g/mol. The number of carbonyl (C=O) groups excluding carboxylic acids is 1. The third-order valence-corrected chi connectivity index (χ3v) is 3.78. The zero-order chi connectivity index (χ0) is 14.0. The largest absolute Gasteiger partial charge is 0.508 e. The minimum atomic E-state index is -0.293. The van der Waals surface area contributed by atoms with Crippen LogP contribution in [0.4, 0.5) is 0 Å². The maximum absolute atomic E-state index is 11.5. The van der Waals surface area contributed by atoms with E-state index in [0.717, 1.165) is 17.2 Å². The Kier molecular flexibility index (Phi) is 3.99. The van der Waals surface area contributed by atoms with Crippen molar-refractivity contribution < 1.29 is 14.6 Å². The Morgan fingerprint density at radius 3 is 2.79 bits per heavy atom. The summed E-state index contributed by atoms with van der Waals surface area (Å²) in [5.74, 6) is -0.0987. The van der Waals surface area contributed by atoms with E-state index in [1.807, 2.05) is 13.8 Å². The summed E-state index contributed by atoms with van der Waals surface area (Å²) < 4.78 is 13.1. The molecule has 1 aromatic carbocycles. The summed E-state index contributed by atoms with van der Waals surface area (Å²) in [6, 6.07) is 3.33. The Morgan fingerprint density at radius 2 is 2.16 bits per heavy atom. The van der Waals surface area contributed by atoms with Gasteiger partial charge in [0.15, 0.2) is 0 Å². The molecule has 1 unspecified atom stereocenters. The molecule has 0 amide bonds. The van der Waals surface area contributed by atoms with E-state index in [1.54, 1.807) is 12.1 Å². The van der Waals surface area contributed by atoms with Crippen LogP contribution in [0.25, 0.3) is 11.0 Å². The number of rotatable bonds is 4. The molecule has 1 heterocycles. The first-order valence-electron chi connectivity index (χ1n) is 6.05. The molecule has 1 N–H and O–H groups in total. The van der Waals surface area contributed by atoms with Crippen molar-refractivity contribution in [1.82, 2.24) is 8.75 Å². The first-order chi connectivity index (χ1) is 9.04. The molecule has 0 saturated carbocycles. The molecule has 0 aliphatic rings. The summed E-state index contributed by atoms with van der Waals surface area (Å²) in [6.45, 7) is 4.01. The highest BCUT2D eigenvalue weighted by Gasteiger charge is 2.26. The number of aromatic hydroxyl groups is 1. The number of hydrogen-bond acceptors (Lipinski definition) is 6. The number of hydrogen-bond donors (Lipinski definition) is 1. The lowest BCUT2D eigenvalue weighted by atomic mass is 9.84. The lowest BCUT2D eigenvalue weighted by Gasteiger charge is -2.21. The Labute approximate surface area is 115 Å². The first kappa shape index (κ1) is 13.7. The van der Waals surface area contributed by atoms with Crippen LogP contribution in [0.3, 0.4) is 0 Å². The van der Waals surface area contributed by atoms with E-state index < -0.39 is 0 Å². The minimum Gasteiger partial charge on any atom is -0.508 e. The van der Waals surface area contributed by atoms with Gasteiger partial charge in [0.2, 0.25) is 0 Å². The smallest absolute Gasteiger partial charge is 0.306 e. The predicted molar refractivity (Wildman–Crippen MR) is 73.3 cm³/mol. The van der Waals surface area contributed by atoms with E-state index >= 15 is 0 Å². The van der Waals surface area contributed by atoms with Crippen LogP contribution >= 0.6 is 11.7 Å². The SMILES string of the molecule is COC(=O)CC(c1c(O)ccc2nsnc12)C(C)C. The standard InChI is InChI=1S/C13H16N2O3S/c1-7(2)8(6-11(17)18-3)12-10(16)5-4-9-13(12)15-19-14-9/h4-5,7-8,16H,6H2,1-3H3. The molecular weight excluding hydrogens is 264 g/mol. The second-order valence-corrected chi connectivity index (χ2v) is 5.29. The molecule has 0 aliphatic heterocycles. The van der Waals surface area contributed by atoms with Crippen LogP contribution in [0.5, 0.6) is 5.75 Å². The van der Waals surface area contributed by atoms with Gasteiger partial charge in [-0.2, -0.15) is 8.75 Å². The van der Waals surface area contributed by atoms with Crippen molar-refractivity contribution in [2.45, 2.75) is 26.2 Å². The molecule has 0 saturated heterocycles. The van der Waals surface area contributed by atoms with Crippen molar-refractivity contribution in [1.29, 1.82) is 0 Å². The average Bonchev–Trinajstić information content (AvgIpc) is 2.84. The molecule has 0 radical (unpaired) electrons. The van der Waals surface area contributed by atoms with Gasteiger partial charge < -0.3 is 9.84 Å². The van der Waals surface area contributed by atoms with Gasteiger partial charge in [0.1, 0.15) is 16.8 Å². The molecule has 6 heteroatoms. The third-order valence-electron chi connectivity index (χ3n) is 3.23. The molecule has 0 bridgehead atoms. The number of aromatic nitrogens is 2. The van der Waals surface area contributed by atoms with Crippen molar-refractivity contribution >= 4 is 28.7 Å². The van der Waals surface area contributed by atoms with E-state index in [0.29, 0.717) is 11.1 Å². The predicted octanol–water partition coefficient (Wildman–Crippen LogP) is 2.70. The molecule has 1 atom stereocenters. The van der Waals surface area contributed by atoms with Crippen LogP contribution in [0.15, 0.2) is 12.1 Å². The number of nitrogens with zero attached hydrogens (tertiary/aromatic N) is 2. The second kappa shape index (κ2) is 5.52. The normalized spacial score (nSPS) is 12.8. The van der Waals surface area contributed by atoms with Gasteiger partial charge >= 0.3 is 5.97 Å². The zero-order valence-electron chi connectivity index (χ0n) is 11.1. The number of carbonyl (C=O) groups is 1. The summed E-state index contributed by atoms with van der Waals surface area (Å²) in [4.78, 5) is 11.5. The van der Waals surface area contributed by atoms with Gasteiger partial charge in [-0.15, -0.1) is 0 Å². The second-order valence-electron chi connectivity index (χ2n) is 4.76. The number of methoxy groups -OCH3 is 1. The van der Waals surface area contributed by atoms with Gasteiger partial charge in [0.05, 0.1) is 25.3 Å². The Morgan fingerprint density at radius 1 is 1.42 bits per heavy atom. The Balaban J connectivity index is 2.52. The van der Waals surface area contributed by atoms with Crippen LogP contribution in [0.1, 0.15) is 31.7 Å². The van der Waals surface area contributed by atoms with E-state index in [-0.39, 0.29) is 30.0 Å². The quantitative estimate of drug-likeness (QED) is 0.872. The number of ether oxygens (including phenoxy) is 1. The fourth-order valence-electron chi connectivity index (χ4n) is 2.16. The molecule has 2 rings (SSSR count). The molecule has 5 nitrogen and oxygen atoms in total. The number of phenolic OH excluding ortho intramolecular Hbond substituents is 1. The minimum absolute atomic E-state index is 0.139. The fourth-order valence-corrected chi connectivity index (χ4v) is 2.71. The van der Waals surface area contributed by atoms with Crippen molar-refractivity contribution in [3.63, 3.8) is 0 Å². The summed E-state index contributed by atoms with van der Waals surface area (Å²) >= 11 is 1.10. The maximum atomic E-state index is 11.5. The van der Waals surface area contributed by atoms with Crippen LogP contribution in [-0.2, 0) is 9.53 Å². The molecule has 0 fully saturated rings. The van der Waals surface area contributed by atoms with Gasteiger partial charge in [0.25, 0.3) is 0 Å². The van der Waals surface area contributed by atoms with E-state index in [9.17, 15) is 9.90 Å². The van der Waals surface area contributed by atoms with Gasteiger partial charge in [-0.1, -0.05) is 13.8 Å². The molecule has 0 aliphatic carbocycles. The Hall–Kier alpha value is -1.69. The highest BCUT2D eigenvalue weighted by atomic mass is 32.1. The number of fused-ring (bicyclic) bond motifs is 1. The number of benzene rings is 1. The number of phenols is 1. The van der Waals surface area contributed by atoms with E-state index in [4.69, 9.17) is 4.74 Å². The van der Waals surface area contributed by atoms with Crippen molar-refractivity contribution in [2.75, 3.05) is 7.11 Å². The third kappa shape index (κ3) is 2.68. The van der Waals surface area contributed by atoms with Crippen molar-refractivity contribution in [2.24, 2.45) is 5.92 Å². The summed E-state index contributed by atoms with van der Waals surface area (Å²) in [5.41, 5.74) is 2.10. The molecule has 102 valence electrons.